The van der Waals surface area contributed by atoms with Gasteiger partial charge in [-0.15, -0.1) is 0 Å². The fourth-order valence-corrected chi connectivity index (χ4v) is 1.76. The molecule has 1 N–H and O–H groups in total. The average molecular weight is 282 g/mol. The van der Waals surface area contributed by atoms with E-state index in [1.54, 1.807) is 24.5 Å². The van der Waals surface area contributed by atoms with Gasteiger partial charge in [0.25, 0.3) is 0 Å². The third-order valence-corrected chi connectivity index (χ3v) is 2.71. The number of benzene rings is 1. The highest BCUT2D eigenvalue weighted by Crippen LogP contribution is 2.25. The Morgan fingerprint density at radius 1 is 1.25 bits per heavy atom. The van der Waals surface area contributed by atoms with Crippen LogP contribution in [-0.2, 0) is 6.54 Å². The van der Waals surface area contributed by atoms with Gasteiger partial charge in [-0.25, -0.2) is 14.4 Å². The summed E-state index contributed by atoms with van der Waals surface area (Å²) in [6.07, 6.45) is 4.84. The topological polar surface area (TPSA) is 37.8 Å². The van der Waals surface area contributed by atoms with Crippen LogP contribution in [0, 0.1) is 5.82 Å². The van der Waals surface area contributed by atoms with Gasteiger partial charge in [0.2, 0.25) is 0 Å². The number of nitrogens with one attached hydrogen (secondary N) is 1. The van der Waals surface area contributed by atoms with Crippen LogP contribution >= 0.6 is 15.9 Å². The fraction of sp³-hybridized carbons (Fsp3) is 0.0909. The van der Waals surface area contributed by atoms with Crippen molar-refractivity contribution in [3.8, 4) is 0 Å². The second-order valence-corrected chi connectivity index (χ2v) is 4.05. The molecule has 0 spiro atoms. The lowest BCUT2D eigenvalue weighted by Crippen LogP contribution is -2.02. The van der Waals surface area contributed by atoms with E-state index in [4.69, 9.17) is 0 Å². The van der Waals surface area contributed by atoms with Crippen molar-refractivity contribution in [2.45, 2.75) is 6.54 Å². The van der Waals surface area contributed by atoms with Gasteiger partial charge in [-0.2, -0.15) is 0 Å². The number of hydrogen-bond acceptors (Lipinski definition) is 3. The summed E-state index contributed by atoms with van der Waals surface area (Å²) >= 11 is 3.29. The van der Waals surface area contributed by atoms with Crippen LogP contribution in [0.25, 0.3) is 0 Å². The molecule has 0 aliphatic carbocycles. The number of aromatic nitrogens is 2. The highest BCUT2D eigenvalue weighted by atomic mass is 79.9. The Labute approximate surface area is 101 Å². The van der Waals surface area contributed by atoms with Crippen LogP contribution in [0.1, 0.15) is 5.56 Å². The number of para-hydroxylation sites is 1. The second kappa shape index (κ2) is 5.03. The van der Waals surface area contributed by atoms with Crippen molar-refractivity contribution in [3.63, 3.8) is 0 Å². The predicted octanol–water partition coefficient (Wildman–Crippen LogP) is 2.99. The Balaban J connectivity index is 2.11. The Hall–Kier alpha value is -1.49. The van der Waals surface area contributed by atoms with Crippen molar-refractivity contribution in [1.29, 1.82) is 0 Å². The first kappa shape index (κ1) is 11.0. The minimum Gasteiger partial charge on any atom is -0.378 e. The molecular formula is C11H9BrFN3. The lowest BCUT2D eigenvalue weighted by atomic mass is 10.3. The largest absolute Gasteiger partial charge is 0.378 e. The molecular weight excluding hydrogens is 273 g/mol. The van der Waals surface area contributed by atoms with E-state index in [0.29, 0.717) is 16.7 Å². The quantitative estimate of drug-likeness (QED) is 0.940. The molecule has 0 unspecified atom stereocenters. The third-order valence-electron chi connectivity index (χ3n) is 2.05. The zero-order valence-corrected chi connectivity index (χ0v) is 9.91. The van der Waals surface area contributed by atoms with Crippen molar-refractivity contribution in [1.82, 2.24) is 9.97 Å². The summed E-state index contributed by atoms with van der Waals surface area (Å²) in [5.41, 5.74) is 1.35. The molecule has 0 fully saturated rings. The van der Waals surface area contributed by atoms with Gasteiger partial charge in [0.05, 0.1) is 5.69 Å². The highest BCUT2D eigenvalue weighted by molar-refractivity contribution is 9.10. The molecule has 0 amide bonds. The van der Waals surface area contributed by atoms with Gasteiger partial charge in [-0.05, 0) is 28.1 Å². The van der Waals surface area contributed by atoms with Crippen molar-refractivity contribution in [2.24, 2.45) is 0 Å². The summed E-state index contributed by atoms with van der Waals surface area (Å²) in [7, 11) is 0. The van der Waals surface area contributed by atoms with E-state index < -0.39 is 0 Å². The molecule has 1 heterocycles. The molecule has 3 nitrogen and oxygen atoms in total. The number of halogens is 2. The summed E-state index contributed by atoms with van der Waals surface area (Å²) in [6.45, 7) is 0.486. The van der Waals surface area contributed by atoms with E-state index in [2.05, 4.69) is 31.2 Å². The SMILES string of the molecule is Fc1cccc(Br)c1NCc1cncnc1. The van der Waals surface area contributed by atoms with Crippen LogP contribution in [-0.4, -0.2) is 9.97 Å². The number of nitrogens with zero attached hydrogens (tertiary/aromatic N) is 2. The second-order valence-electron chi connectivity index (χ2n) is 3.20. The molecule has 0 bridgehead atoms. The van der Waals surface area contributed by atoms with E-state index in [-0.39, 0.29) is 5.82 Å². The third kappa shape index (κ3) is 2.55. The van der Waals surface area contributed by atoms with Gasteiger partial charge in [0, 0.05) is 29.0 Å². The van der Waals surface area contributed by atoms with Crippen LogP contribution in [0.5, 0.6) is 0 Å². The minimum atomic E-state index is -0.286. The molecule has 1 aromatic heterocycles. The van der Waals surface area contributed by atoms with Gasteiger partial charge in [-0.3, -0.25) is 0 Å². The van der Waals surface area contributed by atoms with Gasteiger partial charge < -0.3 is 5.32 Å². The maximum Gasteiger partial charge on any atom is 0.147 e. The molecule has 0 saturated heterocycles. The van der Waals surface area contributed by atoms with E-state index in [1.807, 2.05) is 0 Å². The van der Waals surface area contributed by atoms with Crippen LogP contribution in [0.3, 0.4) is 0 Å². The molecule has 82 valence electrons. The molecule has 0 radical (unpaired) electrons. The van der Waals surface area contributed by atoms with Gasteiger partial charge in [-0.1, -0.05) is 6.07 Å². The Morgan fingerprint density at radius 2 is 2.00 bits per heavy atom. The molecule has 2 rings (SSSR count). The van der Waals surface area contributed by atoms with Crippen molar-refractivity contribution >= 4 is 21.6 Å². The molecule has 0 atom stereocenters. The zero-order chi connectivity index (χ0) is 11.4. The van der Waals surface area contributed by atoms with Crippen molar-refractivity contribution < 1.29 is 4.39 Å². The lowest BCUT2D eigenvalue weighted by Gasteiger charge is -2.08. The molecule has 0 aliphatic heterocycles. The molecule has 5 heteroatoms. The molecule has 2 aromatic rings. The maximum atomic E-state index is 13.4. The average Bonchev–Trinajstić information content (AvgIpc) is 2.30. The molecule has 0 saturated carbocycles. The van der Waals surface area contributed by atoms with Gasteiger partial charge in [0.15, 0.2) is 0 Å². The van der Waals surface area contributed by atoms with E-state index in [1.165, 1.54) is 12.4 Å². The monoisotopic (exact) mass is 281 g/mol. The highest BCUT2D eigenvalue weighted by Gasteiger charge is 2.05. The first-order valence-corrected chi connectivity index (χ1v) is 5.48. The first-order chi connectivity index (χ1) is 7.77. The number of hydrogen-bond donors (Lipinski definition) is 1. The van der Waals surface area contributed by atoms with Crippen molar-refractivity contribution in [2.75, 3.05) is 5.32 Å². The van der Waals surface area contributed by atoms with Gasteiger partial charge >= 0.3 is 0 Å². The standard InChI is InChI=1S/C11H9BrFN3/c12-9-2-1-3-10(13)11(9)16-6-8-4-14-7-15-5-8/h1-5,7,16H,6H2. The van der Waals surface area contributed by atoms with Crippen LogP contribution in [0.4, 0.5) is 10.1 Å². The van der Waals surface area contributed by atoms with E-state index in [0.717, 1.165) is 5.56 Å². The summed E-state index contributed by atoms with van der Waals surface area (Å²) < 4.78 is 14.1. The normalized spacial score (nSPS) is 10.1. The summed E-state index contributed by atoms with van der Waals surface area (Å²) in [5.74, 6) is -0.286. The summed E-state index contributed by atoms with van der Waals surface area (Å²) in [6, 6.07) is 4.84. The van der Waals surface area contributed by atoms with Crippen LogP contribution in [0.15, 0.2) is 41.4 Å². The van der Waals surface area contributed by atoms with Crippen LogP contribution in [0.2, 0.25) is 0 Å². The van der Waals surface area contributed by atoms with E-state index in [9.17, 15) is 4.39 Å². The Kier molecular flexibility index (Phi) is 3.46. The number of rotatable bonds is 3. The van der Waals surface area contributed by atoms with Crippen molar-refractivity contribution in [3.05, 3.63) is 52.8 Å². The summed E-state index contributed by atoms with van der Waals surface area (Å²) in [4.78, 5) is 7.77. The van der Waals surface area contributed by atoms with Gasteiger partial charge in [0.1, 0.15) is 12.1 Å². The molecule has 16 heavy (non-hydrogen) atoms. The fourth-order valence-electron chi connectivity index (χ4n) is 1.28. The zero-order valence-electron chi connectivity index (χ0n) is 8.32. The summed E-state index contributed by atoms with van der Waals surface area (Å²) in [5, 5.41) is 3.00. The van der Waals surface area contributed by atoms with E-state index >= 15 is 0 Å². The maximum absolute atomic E-state index is 13.4. The lowest BCUT2D eigenvalue weighted by molar-refractivity contribution is 0.629. The Morgan fingerprint density at radius 3 is 2.69 bits per heavy atom. The number of anilines is 1. The molecule has 1 aromatic carbocycles. The molecule has 0 aliphatic rings. The first-order valence-electron chi connectivity index (χ1n) is 4.69. The Bertz CT molecular complexity index is 456. The predicted molar refractivity (Wildman–Crippen MR) is 63.5 cm³/mol. The minimum absolute atomic E-state index is 0.286. The smallest absolute Gasteiger partial charge is 0.147 e. The van der Waals surface area contributed by atoms with Crippen LogP contribution < -0.4 is 5.32 Å².